The third-order valence-corrected chi connectivity index (χ3v) is 15.5. The third kappa shape index (κ3) is 21.8. The highest BCUT2D eigenvalue weighted by atomic mass is 16.3. The number of aromatic amines is 2. The lowest BCUT2D eigenvalue weighted by molar-refractivity contribution is -0.142. The van der Waals surface area contributed by atoms with Gasteiger partial charge in [0, 0.05) is 68.3 Å². The number of nitrogens with zero attached hydrogens (tertiary/aromatic N) is 2. The van der Waals surface area contributed by atoms with Crippen LogP contribution in [0.1, 0.15) is 101 Å². The number of benzene rings is 2. The number of rotatable bonds is 36. The molecule has 2 aromatic heterocycles. The number of carbonyl (C=O) groups excluding carboxylic acids is 11. The summed E-state index contributed by atoms with van der Waals surface area (Å²) < 4.78 is 0. The highest BCUT2D eigenvalue weighted by Gasteiger charge is 2.40. The molecular weight excluding hydrogens is 1180 g/mol. The first kappa shape index (κ1) is 70.4. The number of primary amides is 1. The highest BCUT2D eigenvalue weighted by molar-refractivity contribution is 5.99. The molecule has 2 aromatic carbocycles. The minimum atomic E-state index is -1.78. The van der Waals surface area contributed by atoms with Crippen LogP contribution < -0.4 is 70.4 Å². The molecule has 0 bridgehead atoms. The number of guanidine groups is 1. The maximum Gasteiger partial charge on any atom is 0.245 e. The van der Waals surface area contributed by atoms with Crippen molar-refractivity contribution in [3.8, 4) is 5.75 Å². The third-order valence-electron chi connectivity index (χ3n) is 15.5. The lowest BCUT2D eigenvalue weighted by Crippen LogP contribution is -2.61. The van der Waals surface area contributed by atoms with Crippen molar-refractivity contribution in [2.24, 2.45) is 23.1 Å². The fraction of sp³-hybridized carbons (Fsp3) is 0.517. The van der Waals surface area contributed by atoms with Crippen molar-refractivity contribution in [3.63, 3.8) is 0 Å². The second-order valence-electron chi connectivity index (χ2n) is 23.1. The van der Waals surface area contributed by atoms with Gasteiger partial charge in [-0.05, 0) is 93.2 Å². The van der Waals surface area contributed by atoms with E-state index in [9.17, 15) is 63.0 Å². The molecule has 494 valence electrons. The van der Waals surface area contributed by atoms with Crippen molar-refractivity contribution in [3.05, 3.63) is 84.1 Å². The van der Waals surface area contributed by atoms with Crippen LogP contribution in [0.5, 0.6) is 5.75 Å². The van der Waals surface area contributed by atoms with Crippen LogP contribution in [0.2, 0.25) is 0 Å². The maximum atomic E-state index is 14.8. The fourth-order valence-electron chi connectivity index (χ4n) is 10.8. The summed E-state index contributed by atoms with van der Waals surface area (Å²) in [5.74, 6) is -8.70. The van der Waals surface area contributed by atoms with Crippen molar-refractivity contribution < 1.29 is 63.0 Å². The number of imidazole rings is 1. The van der Waals surface area contributed by atoms with E-state index in [1.807, 2.05) is 0 Å². The summed E-state index contributed by atoms with van der Waals surface area (Å²) in [7, 11) is 0. The molecule has 2 fully saturated rings. The number of phenolic OH excluding ortho intramolecular Hbond substituents is 1. The first-order chi connectivity index (χ1) is 43.5. The summed E-state index contributed by atoms with van der Waals surface area (Å²) in [6.07, 6.45) is 6.71. The summed E-state index contributed by atoms with van der Waals surface area (Å²) in [6, 6.07) is 0.868. The van der Waals surface area contributed by atoms with Gasteiger partial charge < -0.3 is 95.4 Å². The first-order valence-electron chi connectivity index (χ1n) is 30.5. The molecule has 0 unspecified atom stereocenters. The Kier molecular flexibility index (Phi) is 27.0. The molecule has 2 aliphatic heterocycles. The molecule has 31 heteroatoms. The Hall–Kier alpha value is -9.65. The monoisotopic (exact) mass is 1270 g/mol. The Morgan fingerprint density at radius 2 is 1.31 bits per heavy atom. The number of likely N-dealkylation sites (tertiary alicyclic amines) is 1. The number of fused-ring (bicyclic) bond motifs is 1. The lowest BCUT2D eigenvalue weighted by atomic mass is 10.00. The number of unbranched alkanes of at least 4 members (excludes halogenated alkanes) is 2. The summed E-state index contributed by atoms with van der Waals surface area (Å²) in [6.45, 7) is 2.75. The zero-order valence-corrected chi connectivity index (χ0v) is 51.1. The molecule has 0 saturated carbocycles. The number of hydrogen-bond acceptors (Lipinski definition) is 16. The Balaban J connectivity index is 1.23. The standard InChI is InChI=1S/C60H86N18O13/c1-33(2)26-42(53(85)72-41(13-8-22-67-60(63)64)59(91)78-25-9-14-47(78)58(90)69-31-48(62)81)73-51(83)39(12-4-3-7-21-61)71-54(86)43(27-34-15-17-36(80)18-16-34)74-57(89)46(32-79)77-55(87)44(28-35-30-68-38-11-6-5-10-37(35)38)75-56(88)45(29-49-65-23-24-66-49)76-52(84)40-19-20-50(82)70-40/h5-6,10-11,15-18,23-24,30,33,39-47,68,79-80H,3-4,7-9,12-14,19-22,25-29,31-32,61H2,1-2H3,(H2,62,81)(H,65,66)(H,69,90)(H,70,82)(H,71,86)(H,72,85)(H,73,83)(H,74,89)(H,75,88)(H,76,84)(H,77,87)(H4,63,64,67)/t39-,40+,41+,42+,43-,44+,45+,46+,47+/m1/s1. The Morgan fingerprint density at radius 1 is 0.692 bits per heavy atom. The number of carbonyl (C=O) groups is 11. The number of phenols is 1. The number of amides is 11. The van der Waals surface area contributed by atoms with Crippen LogP contribution in [-0.4, -0.2) is 188 Å². The lowest BCUT2D eigenvalue weighted by Gasteiger charge is -2.30. The fourth-order valence-corrected chi connectivity index (χ4v) is 10.8. The molecule has 0 radical (unpaired) electrons. The molecule has 91 heavy (non-hydrogen) atoms. The van der Waals surface area contributed by atoms with Crippen LogP contribution in [0.15, 0.2) is 67.1 Å². The van der Waals surface area contributed by atoms with Gasteiger partial charge in [0.1, 0.15) is 66.0 Å². The zero-order chi connectivity index (χ0) is 66.1. The van der Waals surface area contributed by atoms with E-state index in [0.29, 0.717) is 60.1 Å². The SMILES string of the molecule is CC(C)C[C@H](NC(=O)[C@@H](CCCCCN)NC(=O)[C@@H](Cc1ccc(O)cc1)NC(=O)[C@H](CO)NC(=O)[C@H](Cc1c[nH]c2ccccc12)NC(=O)[C@H](Cc1ncc[nH]1)NC(=O)[C@@H]1CCC(=O)N1)C(=O)N[C@@H](CCCNC(=N)N)C(=O)N1CCC[C@H]1C(=O)NCC(N)=O. The van der Waals surface area contributed by atoms with Gasteiger partial charge in [-0.1, -0.05) is 57.0 Å². The van der Waals surface area contributed by atoms with Crippen molar-refractivity contribution in [2.75, 3.05) is 32.8 Å². The Labute approximate surface area is 525 Å². The molecule has 11 amide bonds. The molecule has 4 aromatic rings. The van der Waals surface area contributed by atoms with Crippen LogP contribution in [0, 0.1) is 11.3 Å². The number of hydrogen-bond donors (Lipinski definition) is 18. The van der Waals surface area contributed by atoms with Crippen molar-refractivity contribution in [2.45, 2.75) is 158 Å². The molecular formula is C60H86N18O13. The number of nitrogens with two attached hydrogens (primary N) is 3. The number of aromatic hydroxyl groups is 1. The summed E-state index contributed by atoms with van der Waals surface area (Å²) >= 11 is 0. The van der Waals surface area contributed by atoms with Crippen molar-refractivity contribution in [1.82, 2.24) is 73.0 Å². The average Bonchev–Trinajstić information content (AvgIpc) is 2.05. The molecule has 31 nitrogen and oxygen atoms in total. The number of aliphatic hydroxyl groups excluding tert-OH is 1. The topological polar surface area (TPSA) is 498 Å². The van der Waals surface area contributed by atoms with Crippen LogP contribution >= 0.6 is 0 Å². The summed E-state index contributed by atoms with van der Waals surface area (Å²) in [5.41, 5.74) is 18.2. The van der Waals surface area contributed by atoms with E-state index in [1.54, 1.807) is 44.3 Å². The normalized spacial score (nSPS) is 16.8. The molecule has 0 spiro atoms. The number of para-hydroxylation sites is 1. The Bertz CT molecular complexity index is 3180. The van der Waals surface area contributed by atoms with Crippen LogP contribution in [0.4, 0.5) is 0 Å². The van der Waals surface area contributed by atoms with Crippen LogP contribution in [0.25, 0.3) is 10.9 Å². The number of H-pyrrole nitrogens is 2. The minimum Gasteiger partial charge on any atom is -0.508 e. The van der Waals surface area contributed by atoms with Crippen LogP contribution in [-0.2, 0) is 72.0 Å². The number of aliphatic hydroxyl groups is 1. The number of nitrogens with one attached hydrogen (secondary N) is 13. The van der Waals surface area contributed by atoms with Crippen LogP contribution in [0.3, 0.4) is 0 Å². The molecule has 9 atom stereocenters. The predicted octanol–water partition coefficient (Wildman–Crippen LogP) is -3.29. The minimum absolute atomic E-state index is 0.00788. The van der Waals surface area contributed by atoms with Gasteiger partial charge in [0.05, 0.1) is 13.2 Å². The van der Waals surface area contributed by atoms with Gasteiger partial charge in [-0.25, -0.2) is 4.98 Å². The number of aromatic nitrogens is 3. The van der Waals surface area contributed by atoms with Crippen molar-refractivity contribution >= 4 is 81.8 Å². The van der Waals surface area contributed by atoms with E-state index in [4.69, 9.17) is 22.6 Å². The highest BCUT2D eigenvalue weighted by Crippen LogP contribution is 2.22. The maximum absolute atomic E-state index is 14.8. The van der Waals surface area contributed by atoms with Gasteiger partial charge in [-0.3, -0.25) is 58.1 Å². The smallest absolute Gasteiger partial charge is 0.245 e. The van der Waals surface area contributed by atoms with Gasteiger partial charge in [0.15, 0.2) is 5.96 Å². The Morgan fingerprint density at radius 3 is 1.95 bits per heavy atom. The molecule has 21 N–H and O–H groups in total. The van der Waals surface area contributed by atoms with Gasteiger partial charge in [0.2, 0.25) is 65.0 Å². The zero-order valence-electron chi connectivity index (χ0n) is 51.1. The largest absolute Gasteiger partial charge is 0.508 e. The van der Waals surface area contributed by atoms with E-state index < -0.39 is 127 Å². The van der Waals surface area contributed by atoms with Crippen molar-refractivity contribution in [1.29, 1.82) is 5.41 Å². The second-order valence-corrected chi connectivity index (χ2v) is 23.1. The average molecular weight is 1270 g/mol. The molecule has 0 aliphatic carbocycles. The van der Waals surface area contributed by atoms with Gasteiger partial charge in [-0.15, -0.1) is 0 Å². The molecule has 2 saturated heterocycles. The molecule has 6 rings (SSSR count). The molecule has 4 heterocycles. The summed E-state index contributed by atoms with van der Waals surface area (Å²) in [5, 5.41) is 55.7. The van der Waals surface area contributed by atoms with E-state index in [0.717, 1.165) is 0 Å². The molecule has 2 aliphatic rings. The van der Waals surface area contributed by atoms with E-state index in [-0.39, 0.29) is 101 Å². The van der Waals surface area contributed by atoms with Gasteiger partial charge >= 0.3 is 0 Å². The second kappa shape index (κ2) is 34.9. The van der Waals surface area contributed by atoms with Gasteiger partial charge in [0.25, 0.3) is 0 Å². The first-order valence-corrected chi connectivity index (χ1v) is 30.5. The van der Waals surface area contributed by atoms with E-state index in [1.165, 1.54) is 41.6 Å². The van der Waals surface area contributed by atoms with Gasteiger partial charge in [-0.2, -0.15) is 0 Å². The van der Waals surface area contributed by atoms with E-state index >= 15 is 0 Å². The predicted molar refractivity (Wildman–Crippen MR) is 331 cm³/mol. The summed E-state index contributed by atoms with van der Waals surface area (Å²) in [4.78, 5) is 163. The quantitative estimate of drug-likeness (QED) is 0.0121. The van der Waals surface area contributed by atoms with E-state index in [2.05, 4.69) is 68.1 Å².